The fraction of sp³-hybridized carbons (Fsp3) is 0.333. The maximum absolute atomic E-state index is 12.9. The van der Waals surface area contributed by atoms with E-state index >= 15 is 0 Å². The zero-order valence-electron chi connectivity index (χ0n) is 18.4. The third-order valence-corrected chi connectivity index (χ3v) is 4.69. The zero-order chi connectivity index (χ0) is 22.4. The van der Waals surface area contributed by atoms with Gasteiger partial charge in [-0.05, 0) is 52.0 Å². The number of quaternary nitrogens is 1. The Balaban J connectivity index is 1.59. The molecular weight excluding hydrogens is 394 g/mol. The van der Waals surface area contributed by atoms with Gasteiger partial charge in [0.15, 0.2) is 0 Å². The Morgan fingerprint density at radius 1 is 1.16 bits per heavy atom. The summed E-state index contributed by atoms with van der Waals surface area (Å²) in [5.74, 6) is 0.788. The first-order valence-corrected chi connectivity index (χ1v) is 10.3. The van der Waals surface area contributed by atoms with E-state index in [0.717, 1.165) is 5.56 Å². The highest BCUT2D eigenvalue weighted by Crippen LogP contribution is 2.26. The Morgan fingerprint density at radius 2 is 1.84 bits per heavy atom. The summed E-state index contributed by atoms with van der Waals surface area (Å²) >= 11 is 0. The number of aliphatic hydroxyl groups is 1. The number of carbonyl (C=O) groups is 1. The predicted molar refractivity (Wildman–Crippen MR) is 119 cm³/mol. The van der Waals surface area contributed by atoms with E-state index in [1.54, 1.807) is 31.2 Å². The van der Waals surface area contributed by atoms with Crippen molar-refractivity contribution >= 4 is 11.6 Å². The lowest BCUT2D eigenvalue weighted by molar-refractivity contribution is -0.722. The van der Waals surface area contributed by atoms with Gasteiger partial charge in [0, 0.05) is 11.3 Å². The maximum atomic E-state index is 12.9. The Hall–Kier alpha value is -3.16. The second-order valence-corrected chi connectivity index (χ2v) is 8.58. The molecule has 1 atom stereocenters. The molecule has 0 radical (unpaired) electrons. The van der Waals surface area contributed by atoms with Crippen molar-refractivity contribution < 1.29 is 24.5 Å². The summed E-state index contributed by atoms with van der Waals surface area (Å²) in [6, 6.07) is 16.5. The quantitative estimate of drug-likeness (QED) is 0.516. The summed E-state index contributed by atoms with van der Waals surface area (Å²) in [7, 11) is 0. The van der Waals surface area contributed by atoms with E-state index in [0.29, 0.717) is 35.0 Å². The van der Waals surface area contributed by atoms with Gasteiger partial charge in [-0.2, -0.15) is 0 Å². The van der Waals surface area contributed by atoms with Crippen LogP contribution in [-0.4, -0.2) is 41.0 Å². The lowest BCUT2D eigenvalue weighted by Gasteiger charge is -2.19. The molecule has 0 aliphatic rings. The second-order valence-electron chi connectivity index (χ2n) is 8.58. The molecule has 164 valence electrons. The number of nitrogens with zero attached hydrogens (tertiary/aromatic N) is 1. The van der Waals surface area contributed by atoms with Gasteiger partial charge in [0.2, 0.25) is 0 Å². The molecule has 1 aromatic heterocycles. The van der Waals surface area contributed by atoms with Crippen LogP contribution in [0.2, 0.25) is 0 Å². The largest absolute Gasteiger partial charge is 0.491 e. The molecule has 7 heteroatoms. The minimum atomic E-state index is -0.563. The summed E-state index contributed by atoms with van der Waals surface area (Å²) in [6.07, 6.45) is -0.563. The van der Waals surface area contributed by atoms with Crippen LogP contribution in [0.15, 0.2) is 59.1 Å². The van der Waals surface area contributed by atoms with Crippen molar-refractivity contribution in [3.63, 3.8) is 0 Å². The van der Waals surface area contributed by atoms with Gasteiger partial charge in [0.25, 0.3) is 5.91 Å². The molecule has 2 aromatic carbocycles. The monoisotopic (exact) mass is 424 g/mol. The van der Waals surface area contributed by atoms with Crippen molar-refractivity contribution in [3.05, 3.63) is 65.9 Å². The van der Waals surface area contributed by atoms with E-state index in [4.69, 9.17) is 9.26 Å². The van der Waals surface area contributed by atoms with Crippen molar-refractivity contribution in [2.75, 3.05) is 18.5 Å². The highest BCUT2D eigenvalue weighted by molar-refractivity contribution is 6.08. The number of hydrogen-bond donors (Lipinski definition) is 3. The minimum absolute atomic E-state index is 0.0596. The molecule has 0 aliphatic heterocycles. The molecule has 0 unspecified atom stereocenters. The summed E-state index contributed by atoms with van der Waals surface area (Å²) in [5.41, 5.74) is 2.42. The molecular formula is C24H30N3O4+. The molecule has 0 fully saturated rings. The van der Waals surface area contributed by atoms with Gasteiger partial charge in [-0.15, -0.1) is 0 Å². The van der Waals surface area contributed by atoms with Crippen LogP contribution in [-0.2, 0) is 0 Å². The van der Waals surface area contributed by atoms with Gasteiger partial charge in [-0.25, -0.2) is 0 Å². The van der Waals surface area contributed by atoms with Gasteiger partial charge in [-0.3, -0.25) is 4.79 Å². The Morgan fingerprint density at radius 3 is 2.48 bits per heavy atom. The molecule has 0 saturated carbocycles. The number of hydrogen-bond acceptors (Lipinski definition) is 5. The van der Waals surface area contributed by atoms with Crippen molar-refractivity contribution in [2.24, 2.45) is 0 Å². The fourth-order valence-corrected chi connectivity index (χ4v) is 3.01. The summed E-state index contributed by atoms with van der Waals surface area (Å²) in [4.78, 5) is 12.9. The third kappa shape index (κ3) is 6.41. The number of aryl methyl sites for hydroxylation is 1. The summed E-state index contributed by atoms with van der Waals surface area (Å²) in [6.45, 7) is 8.78. The van der Waals surface area contributed by atoms with Crippen LogP contribution in [0.1, 0.15) is 36.9 Å². The molecule has 3 rings (SSSR count). The highest BCUT2D eigenvalue weighted by Gasteiger charge is 2.21. The fourth-order valence-electron chi connectivity index (χ4n) is 3.01. The number of benzene rings is 2. The van der Waals surface area contributed by atoms with Crippen LogP contribution >= 0.6 is 0 Å². The SMILES string of the molecule is Cc1onc(-c2ccccc2)c1C(=O)Nc1ccc(OC[C@@H](O)C[NH2+]C(C)(C)C)cc1. The van der Waals surface area contributed by atoms with Crippen LogP contribution in [0.5, 0.6) is 5.75 Å². The van der Waals surface area contributed by atoms with Gasteiger partial charge in [-0.1, -0.05) is 35.5 Å². The predicted octanol–water partition coefficient (Wildman–Crippen LogP) is 3.00. The van der Waals surface area contributed by atoms with Crippen LogP contribution < -0.4 is 15.4 Å². The Labute approximate surface area is 182 Å². The van der Waals surface area contributed by atoms with Crippen molar-refractivity contribution in [3.8, 4) is 17.0 Å². The van der Waals surface area contributed by atoms with Crippen LogP contribution in [0, 0.1) is 6.92 Å². The minimum Gasteiger partial charge on any atom is -0.491 e. The molecule has 1 heterocycles. The average Bonchev–Trinajstić information content (AvgIpc) is 3.13. The van der Waals surface area contributed by atoms with E-state index in [1.165, 1.54) is 0 Å². The van der Waals surface area contributed by atoms with E-state index in [9.17, 15) is 9.90 Å². The van der Waals surface area contributed by atoms with Crippen molar-refractivity contribution in [1.82, 2.24) is 5.16 Å². The van der Waals surface area contributed by atoms with E-state index in [-0.39, 0.29) is 18.1 Å². The molecule has 7 nitrogen and oxygen atoms in total. The average molecular weight is 425 g/mol. The van der Waals surface area contributed by atoms with Gasteiger partial charge in [0.1, 0.15) is 42.0 Å². The molecule has 31 heavy (non-hydrogen) atoms. The molecule has 0 bridgehead atoms. The standard InChI is InChI=1S/C24H29N3O4/c1-16-21(22(27-31-16)17-8-6-5-7-9-17)23(29)26-18-10-12-20(13-11-18)30-15-19(28)14-25-24(2,3)4/h5-13,19,25,28H,14-15H2,1-4H3,(H,26,29)/p+1/t19-/m0/s1. The molecule has 4 N–H and O–H groups in total. The van der Waals surface area contributed by atoms with Crippen LogP contribution in [0.25, 0.3) is 11.3 Å². The zero-order valence-corrected chi connectivity index (χ0v) is 18.4. The van der Waals surface area contributed by atoms with Gasteiger partial charge < -0.3 is 25.0 Å². The highest BCUT2D eigenvalue weighted by atomic mass is 16.5. The van der Waals surface area contributed by atoms with E-state index in [2.05, 4.69) is 36.6 Å². The van der Waals surface area contributed by atoms with Crippen LogP contribution in [0.4, 0.5) is 5.69 Å². The number of aromatic nitrogens is 1. The molecule has 0 aliphatic carbocycles. The number of anilines is 1. The topological polar surface area (TPSA) is 101 Å². The summed E-state index contributed by atoms with van der Waals surface area (Å²) < 4.78 is 10.9. The number of nitrogens with two attached hydrogens (primary N) is 1. The first kappa shape index (κ1) is 22.5. The Kier molecular flexibility index (Phi) is 7.09. The first-order chi connectivity index (χ1) is 14.7. The lowest BCUT2D eigenvalue weighted by Crippen LogP contribution is -2.96. The number of nitrogens with one attached hydrogen (secondary N) is 1. The summed E-state index contributed by atoms with van der Waals surface area (Å²) in [5, 5.41) is 19.1. The first-order valence-electron chi connectivity index (χ1n) is 10.3. The van der Waals surface area contributed by atoms with Gasteiger partial charge >= 0.3 is 0 Å². The molecule has 0 spiro atoms. The number of aliphatic hydroxyl groups excluding tert-OH is 1. The lowest BCUT2D eigenvalue weighted by atomic mass is 10.1. The smallest absolute Gasteiger partial charge is 0.261 e. The number of rotatable bonds is 8. The number of amides is 1. The Bertz CT molecular complexity index is 992. The molecule has 3 aromatic rings. The van der Waals surface area contributed by atoms with Crippen molar-refractivity contribution in [2.45, 2.75) is 39.3 Å². The van der Waals surface area contributed by atoms with Crippen molar-refractivity contribution in [1.29, 1.82) is 0 Å². The maximum Gasteiger partial charge on any atom is 0.261 e. The second kappa shape index (κ2) is 9.76. The normalized spacial score (nSPS) is 12.4. The molecule has 0 saturated heterocycles. The number of ether oxygens (including phenoxy) is 1. The van der Waals surface area contributed by atoms with Gasteiger partial charge in [0.05, 0.1) is 5.54 Å². The third-order valence-electron chi connectivity index (χ3n) is 4.69. The van der Waals surface area contributed by atoms with E-state index < -0.39 is 6.10 Å². The van der Waals surface area contributed by atoms with E-state index in [1.807, 2.05) is 30.3 Å². The molecule has 1 amide bonds. The number of carbonyl (C=O) groups excluding carboxylic acids is 1. The van der Waals surface area contributed by atoms with Crippen LogP contribution in [0.3, 0.4) is 0 Å².